The van der Waals surface area contributed by atoms with Crippen molar-refractivity contribution in [3.05, 3.63) is 87.4 Å². The second-order valence-corrected chi connectivity index (χ2v) is 17.1. The van der Waals surface area contributed by atoms with Gasteiger partial charge in [0.1, 0.15) is 18.1 Å². The maximum Gasteiger partial charge on any atom is 0.252 e. The van der Waals surface area contributed by atoms with E-state index >= 15 is 0 Å². The number of anilines is 3. The number of hydrogen-bond donors (Lipinski definition) is 11. The molecule has 0 aliphatic carbocycles. The molecule has 22 nitrogen and oxygen atoms in total. The van der Waals surface area contributed by atoms with E-state index in [0.29, 0.717) is 66.3 Å². The fourth-order valence-electron chi connectivity index (χ4n) is 7.28. The molecule has 4 aromatic rings. The van der Waals surface area contributed by atoms with E-state index in [4.69, 9.17) is 34.6 Å². The number of nitrogens with two attached hydrogens (primary N) is 4. The molecule has 0 radical (unpaired) electrons. The highest BCUT2D eigenvalue weighted by Crippen LogP contribution is 2.31. The first-order valence-electron chi connectivity index (χ1n) is 21.9. The molecule has 2 heterocycles. The molecular formula is C45H55ClN14O8S. The number of amides is 7. The van der Waals surface area contributed by atoms with Crippen LogP contribution in [0.3, 0.4) is 0 Å². The largest absolute Gasteiger partial charge is 0.383 e. The molecule has 3 aromatic carbocycles. The molecule has 3 unspecified atom stereocenters. The van der Waals surface area contributed by atoms with Crippen molar-refractivity contribution in [2.24, 2.45) is 16.7 Å². The molecule has 69 heavy (non-hydrogen) atoms. The van der Waals surface area contributed by atoms with Crippen molar-refractivity contribution in [1.29, 1.82) is 0 Å². The minimum Gasteiger partial charge on any atom is -0.383 e. The van der Waals surface area contributed by atoms with E-state index in [1.807, 2.05) is 18.2 Å². The number of aryl methyl sites for hydroxylation is 2. The number of nitrogen functional groups attached to an aromatic ring is 2. The number of benzene rings is 3. The number of nitrogens with one attached hydrogen (secondary N) is 6. The van der Waals surface area contributed by atoms with Gasteiger partial charge in [0.2, 0.25) is 35.5 Å². The Kier molecular flexibility index (Phi) is 19.2. The molecule has 5 rings (SSSR count). The Morgan fingerprint density at radius 1 is 0.913 bits per heavy atom. The Bertz CT molecular complexity index is 2620. The number of halogens is 1. The Labute approximate surface area is 407 Å². The fourth-order valence-corrected chi connectivity index (χ4v) is 7.93. The lowest BCUT2D eigenvalue weighted by atomic mass is 10.0. The molecular weight excluding hydrogens is 932 g/mol. The first-order chi connectivity index (χ1) is 33.0. The SMILES string of the molecule is CC(NC(=O)CNC(=O)CCCCCN1C(=O)CC(S)C1=O)C(=O)Nc1ccc(C(=O)NCCCC(C=O)NC(=O)c2ccc(CCc3ccc4nc(N)nc(N)c4c3Cl)cc2)c(/C(N)=N/NN)c1. The summed E-state index contributed by atoms with van der Waals surface area (Å²) in [4.78, 5) is 109. The topological polar surface area (TPSA) is 354 Å². The number of hydrazone groups is 1. The summed E-state index contributed by atoms with van der Waals surface area (Å²) < 4.78 is 0. The number of rotatable bonds is 24. The summed E-state index contributed by atoms with van der Waals surface area (Å²) in [7, 11) is 0. The highest BCUT2D eigenvalue weighted by atomic mass is 35.5. The summed E-state index contributed by atoms with van der Waals surface area (Å²) in [5.74, 6) is 2.23. The third-order valence-corrected chi connectivity index (χ3v) is 11.8. The van der Waals surface area contributed by atoms with Gasteiger partial charge in [0, 0.05) is 42.7 Å². The van der Waals surface area contributed by atoms with Crippen LogP contribution >= 0.6 is 24.2 Å². The van der Waals surface area contributed by atoms with E-state index in [1.54, 1.807) is 18.2 Å². The molecule has 3 atom stereocenters. The zero-order valence-corrected chi connectivity index (χ0v) is 39.3. The number of hydrazine groups is 1. The summed E-state index contributed by atoms with van der Waals surface area (Å²) in [6.07, 6.45) is 4.15. The highest BCUT2D eigenvalue weighted by Gasteiger charge is 2.35. The van der Waals surface area contributed by atoms with Gasteiger partial charge in [-0.3, -0.25) is 38.5 Å². The summed E-state index contributed by atoms with van der Waals surface area (Å²) in [5.41, 5.74) is 23.0. The number of fused-ring (bicyclic) bond motifs is 1. The van der Waals surface area contributed by atoms with E-state index in [9.17, 15) is 38.4 Å². The normalized spacial score (nSPS) is 14.5. The monoisotopic (exact) mass is 986 g/mol. The predicted octanol–water partition coefficient (Wildman–Crippen LogP) is 1.00. The standard InChI is InChI=1S/C45H55ClN14O8S/c1-24(53-35(63)22-52-34(62)7-3-2-4-19-60-36(64)21-33(69)44(60)68)41(65)54-28-15-16-30(31(20-28)39(47)58-59-50)43(67)51-18-5-6-29(23-61)55-42(66)27-12-9-25(10-13-27)8-11-26-14-17-32-37(38(26)46)40(48)57-45(49)56-32/h9-10,12-17,20,23-24,29,33,59,69H,2-8,11,18-19,21-22,50H2,1H3,(H2,47,58)(H,51,67)(H,52,62)(H,53,63)(H,54,65)(H,55,66)(H4,48,49,56,57). The van der Waals surface area contributed by atoms with Gasteiger partial charge in [0.05, 0.1) is 39.3 Å². The van der Waals surface area contributed by atoms with Crippen molar-refractivity contribution in [1.82, 2.24) is 41.7 Å². The molecule has 24 heteroatoms. The maximum atomic E-state index is 13.3. The minimum atomic E-state index is -1.04. The van der Waals surface area contributed by atoms with Crippen LogP contribution in [-0.4, -0.2) is 105 Å². The zero-order valence-electron chi connectivity index (χ0n) is 37.7. The Hall–Kier alpha value is -7.37. The Morgan fingerprint density at radius 2 is 1.67 bits per heavy atom. The lowest BCUT2D eigenvalue weighted by molar-refractivity contribution is -0.138. The quantitative estimate of drug-likeness (QED) is 0.00682. The van der Waals surface area contributed by atoms with E-state index < -0.39 is 41.0 Å². The number of hydrogen-bond acceptors (Lipinski definition) is 16. The van der Waals surface area contributed by atoms with Crippen molar-refractivity contribution in [3.8, 4) is 0 Å². The highest BCUT2D eigenvalue weighted by molar-refractivity contribution is 7.81. The van der Waals surface area contributed by atoms with Crippen LogP contribution in [-0.2, 0) is 41.6 Å². The van der Waals surface area contributed by atoms with Crippen LogP contribution in [0.25, 0.3) is 10.9 Å². The molecule has 0 bridgehead atoms. The number of carbonyl (C=O) groups excluding carboxylic acids is 8. The van der Waals surface area contributed by atoms with Crippen LogP contribution in [0.5, 0.6) is 0 Å². The smallest absolute Gasteiger partial charge is 0.252 e. The van der Waals surface area contributed by atoms with E-state index in [-0.39, 0.29) is 91.0 Å². The van der Waals surface area contributed by atoms with Gasteiger partial charge in [-0.15, -0.1) is 5.10 Å². The van der Waals surface area contributed by atoms with Crippen LogP contribution < -0.4 is 55.2 Å². The molecule has 366 valence electrons. The number of likely N-dealkylation sites (tertiary alicyclic amines) is 1. The number of imide groups is 1. The number of amidine groups is 1. The first-order valence-corrected chi connectivity index (χ1v) is 22.8. The summed E-state index contributed by atoms with van der Waals surface area (Å²) in [5, 5.41) is 17.2. The maximum absolute atomic E-state index is 13.3. The first kappa shape index (κ1) is 52.6. The van der Waals surface area contributed by atoms with Crippen molar-refractivity contribution in [3.63, 3.8) is 0 Å². The third kappa shape index (κ3) is 14.8. The lowest BCUT2D eigenvalue weighted by Crippen LogP contribution is -2.45. The number of carbonyl (C=O) groups is 8. The van der Waals surface area contributed by atoms with Gasteiger partial charge in [-0.05, 0) is 93.0 Å². The molecule has 1 fully saturated rings. The van der Waals surface area contributed by atoms with Crippen molar-refractivity contribution < 1.29 is 38.4 Å². The van der Waals surface area contributed by atoms with Crippen LogP contribution in [0.2, 0.25) is 5.02 Å². The fraction of sp³-hybridized carbons (Fsp3) is 0.356. The van der Waals surface area contributed by atoms with E-state index in [1.165, 1.54) is 30.0 Å². The molecule has 14 N–H and O–H groups in total. The summed E-state index contributed by atoms with van der Waals surface area (Å²) in [6.45, 7) is 1.45. The number of aromatic nitrogens is 2. The molecule has 0 saturated carbocycles. The van der Waals surface area contributed by atoms with E-state index in [0.717, 1.165) is 11.1 Å². The second kappa shape index (κ2) is 25.1. The Morgan fingerprint density at radius 3 is 2.36 bits per heavy atom. The number of nitrogens with zero attached hydrogens (tertiary/aromatic N) is 4. The minimum absolute atomic E-state index is 0.0591. The van der Waals surface area contributed by atoms with Crippen LogP contribution in [0, 0.1) is 0 Å². The number of unbranched alkanes of at least 4 members (excludes halogenated alkanes) is 2. The van der Waals surface area contributed by atoms with Crippen molar-refractivity contribution in [2.45, 2.75) is 82.0 Å². The van der Waals surface area contributed by atoms with Crippen LogP contribution in [0.15, 0.2) is 59.7 Å². The van der Waals surface area contributed by atoms with Gasteiger partial charge in [-0.25, -0.2) is 16.4 Å². The number of thiol groups is 1. The van der Waals surface area contributed by atoms with Crippen molar-refractivity contribution >= 4 is 106 Å². The third-order valence-electron chi connectivity index (χ3n) is 11.0. The van der Waals surface area contributed by atoms with Gasteiger partial charge in [-0.1, -0.05) is 36.2 Å². The van der Waals surface area contributed by atoms with Gasteiger partial charge in [0.25, 0.3) is 11.8 Å². The molecule has 1 aliphatic rings. The molecule has 0 spiro atoms. The predicted molar refractivity (Wildman–Crippen MR) is 262 cm³/mol. The summed E-state index contributed by atoms with van der Waals surface area (Å²) >= 11 is 10.7. The van der Waals surface area contributed by atoms with Crippen LogP contribution in [0.4, 0.5) is 17.5 Å². The van der Waals surface area contributed by atoms with Crippen LogP contribution in [0.1, 0.15) is 89.3 Å². The molecule has 1 saturated heterocycles. The van der Waals surface area contributed by atoms with Gasteiger partial charge < -0.3 is 48.6 Å². The zero-order chi connectivity index (χ0) is 50.2. The average Bonchev–Trinajstić information content (AvgIpc) is 3.56. The second-order valence-electron chi connectivity index (χ2n) is 16.1. The van der Waals surface area contributed by atoms with Crippen molar-refractivity contribution in [2.75, 3.05) is 36.4 Å². The van der Waals surface area contributed by atoms with Gasteiger partial charge in [0.15, 0.2) is 5.84 Å². The number of aldehydes is 1. The van der Waals surface area contributed by atoms with E-state index in [2.05, 4.69) is 59.8 Å². The average molecular weight is 988 g/mol. The lowest BCUT2D eigenvalue weighted by Gasteiger charge is -2.16. The molecule has 7 amide bonds. The Balaban J connectivity index is 1.03. The molecule has 1 aliphatic heterocycles. The van der Waals surface area contributed by atoms with Gasteiger partial charge in [-0.2, -0.15) is 17.6 Å². The molecule has 1 aromatic heterocycles. The van der Waals surface area contributed by atoms with Gasteiger partial charge >= 0.3 is 0 Å². The summed E-state index contributed by atoms with van der Waals surface area (Å²) in [6, 6.07) is 13.0.